The third-order valence-electron chi connectivity index (χ3n) is 4.33. The molecule has 2 heterocycles. The van der Waals surface area contributed by atoms with Crippen LogP contribution in [0, 0.1) is 0 Å². The molecule has 2 aromatic rings. The van der Waals surface area contributed by atoms with Crippen LogP contribution in [0.15, 0.2) is 53.6 Å². The van der Waals surface area contributed by atoms with E-state index in [1.54, 1.807) is 0 Å². The molecule has 0 spiro atoms. The van der Waals surface area contributed by atoms with Crippen LogP contribution in [-0.4, -0.2) is 49.9 Å². The summed E-state index contributed by atoms with van der Waals surface area (Å²) < 4.78 is 31.6. The molecule has 0 bridgehead atoms. The molecule has 3 rings (SSSR count). The lowest BCUT2D eigenvalue weighted by atomic mass is 9.95. The highest BCUT2D eigenvalue weighted by molar-refractivity contribution is 7.89. The number of carbonyl (C=O) groups is 1. The lowest BCUT2D eigenvalue weighted by molar-refractivity contribution is 0.0594. The molecule has 8 heteroatoms. The number of aromatic nitrogens is 1. The van der Waals surface area contributed by atoms with Gasteiger partial charge in [0.05, 0.1) is 7.11 Å². The van der Waals surface area contributed by atoms with Crippen molar-refractivity contribution in [2.75, 3.05) is 20.2 Å². The molecule has 2 N–H and O–H groups in total. The minimum absolute atomic E-state index is 0.0288. The van der Waals surface area contributed by atoms with Gasteiger partial charge in [0.1, 0.15) is 10.6 Å². The summed E-state index contributed by atoms with van der Waals surface area (Å²) in [6.45, 7) is 0.549. The first-order chi connectivity index (χ1) is 11.9. The predicted molar refractivity (Wildman–Crippen MR) is 91.5 cm³/mol. The molecule has 1 aliphatic heterocycles. The Morgan fingerprint density at radius 1 is 1.20 bits per heavy atom. The molecule has 0 unspecified atom stereocenters. The number of sulfonamides is 1. The second kappa shape index (κ2) is 6.91. The lowest BCUT2D eigenvalue weighted by Crippen LogP contribution is -2.32. The summed E-state index contributed by atoms with van der Waals surface area (Å²) in [6.07, 6.45) is 1.17. The molecule has 1 fully saturated rings. The summed E-state index contributed by atoms with van der Waals surface area (Å²) in [7, 11) is -2.48. The Morgan fingerprint density at radius 3 is 2.52 bits per heavy atom. The molecule has 7 nitrogen and oxygen atoms in total. The van der Waals surface area contributed by atoms with Crippen LogP contribution in [0.3, 0.4) is 0 Å². The standard InChI is InChI=1S/C17H19N3O4S/c1-24-17(21)16-8-7-13(9-19-16)25(22,23)20-10-14(15(18)11-20)12-5-3-2-4-6-12/h2-9,14-15H,10-11,18H2,1H3/t14-,15+/m0/s1. The van der Waals surface area contributed by atoms with Gasteiger partial charge in [-0.2, -0.15) is 4.31 Å². The molecule has 0 aliphatic carbocycles. The number of carbonyl (C=O) groups excluding carboxylic acids is 1. The number of benzene rings is 1. The van der Waals surface area contributed by atoms with Gasteiger partial charge in [0.2, 0.25) is 10.0 Å². The van der Waals surface area contributed by atoms with E-state index in [-0.39, 0.29) is 29.1 Å². The van der Waals surface area contributed by atoms with E-state index in [0.29, 0.717) is 6.54 Å². The fourth-order valence-corrected chi connectivity index (χ4v) is 4.40. The minimum Gasteiger partial charge on any atom is -0.464 e. The highest BCUT2D eigenvalue weighted by atomic mass is 32.2. The van der Waals surface area contributed by atoms with E-state index in [9.17, 15) is 13.2 Å². The van der Waals surface area contributed by atoms with E-state index >= 15 is 0 Å². The normalized spacial score (nSPS) is 21.2. The average Bonchev–Trinajstić information content (AvgIpc) is 3.04. The van der Waals surface area contributed by atoms with Crippen molar-refractivity contribution in [1.29, 1.82) is 0 Å². The van der Waals surface area contributed by atoms with Crippen LogP contribution in [-0.2, 0) is 14.8 Å². The topological polar surface area (TPSA) is 103 Å². The molecular formula is C17H19N3O4S. The van der Waals surface area contributed by atoms with Crippen LogP contribution in [0.25, 0.3) is 0 Å². The van der Waals surface area contributed by atoms with Crippen LogP contribution < -0.4 is 5.73 Å². The van der Waals surface area contributed by atoms with Gasteiger partial charge in [-0.3, -0.25) is 0 Å². The molecule has 1 aliphatic rings. The van der Waals surface area contributed by atoms with Crippen molar-refractivity contribution in [3.63, 3.8) is 0 Å². The largest absolute Gasteiger partial charge is 0.464 e. The quantitative estimate of drug-likeness (QED) is 0.815. The number of ether oxygens (including phenoxy) is 1. The maximum Gasteiger partial charge on any atom is 0.356 e. The average molecular weight is 361 g/mol. The number of hydrogen-bond acceptors (Lipinski definition) is 6. The highest BCUT2D eigenvalue weighted by Crippen LogP contribution is 2.30. The Bertz CT molecular complexity index is 853. The van der Waals surface area contributed by atoms with E-state index in [2.05, 4.69) is 9.72 Å². The second-order valence-electron chi connectivity index (χ2n) is 5.87. The molecule has 1 aromatic heterocycles. The number of nitrogens with two attached hydrogens (primary N) is 1. The van der Waals surface area contributed by atoms with Gasteiger partial charge in [0.25, 0.3) is 0 Å². The van der Waals surface area contributed by atoms with Crippen LogP contribution in [0.2, 0.25) is 0 Å². The first-order valence-electron chi connectivity index (χ1n) is 7.78. The van der Waals surface area contributed by atoms with Gasteiger partial charge >= 0.3 is 5.97 Å². The fraction of sp³-hybridized carbons (Fsp3) is 0.294. The molecule has 2 atom stereocenters. The summed E-state index contributed by atoms with van der Waals surface area (Å²) in [4.78, 5) is 15.3. The summed E-state index contributed by atoms with van der Waals surface area (Å²) in [6, 6.07) is 12.1. The summed E-state index contributed by atoms with van der Waals surface area (Å²) in [5, 5.41) is 0. The fourth-order valence-electron chi connectivity index (χ4n) is 2.95. The Hall–Kier alpha value is -2.29. The van der Waals surface area contributed by atoms with Crippen molar-refractivity contribution < 1.29 is 17.9 Å². The first kappa shape index (κ1) is 17.5. The Morgan fingerprint density at radius 2 is 1.92 bits per heavy atom. The summed E-state index contributed by atoms with van der Waals surface area (Å²) in [5.74, 6) is -0.672. The zero-order chi connectivity index (χ0) is 18.0. The van der Waals surface area contributed by atoms with Gasteiger partial charge in [-0.05, 0) is 17.7 Å². The SMILES string of the molecule is COC(=O)c1ccc(S(=O)(=O)N2C[C@@H](N)[C@H](c3ccccc3)C2)cn1. The zero-order valence-corrected chi connectivity index (χ0v) is 14.5. The van der Waals surface area contributed by atoms with E-state index in [1.807, 2.05) is 30.3 Å². The van der Waals surface area contributed by atoms with Gasteiger partial charge in [-0.1, -0.05) is 30.3 Å². The third kappa shape index (κ3) is 3.41. The number of nitrogens with zero attached hydrogens (tertiary/aromatic N) is 2. The number of rotatable bonds is 4. The number of hydrogen-bond donors (Lipinski definition) is 1. The van der Waals surface area contributed by atoms with Crippen molar-refractivity contribution in [1.82, 2.24) is 9.29 Å². The Kier molecular flexibility index (Phi) is 4.85. The van der Waals surface area contributed by atoms with Crippen LogP contribution >= 0.6 is 0 Å². The molecule has 1 saturated heterocycles. The molecule has 1 aromatic carbocycles. The highest BCUT2D eigenvalue weighted by Gasteiger charge is 2.38. The van der Waals surface area contributed by atoms with Crippen molar-refractivity contribution in [3.05, 3.63) is 59.9 Å². The number of esters is 1. The Labute approximate surface area is 146 Å². The van der Waals surface area contributed by atoms with Gasteiger partial charge in [0.15, 0.2) is 0 Å². The molecule has 0 amide bonds. The van der Waals surface area contributed by atoms with Crippen molar-refractivity contribution in [2.24, 2.45) is 5.73 Å². The summed E-state index contributed by atoms with van der Waals surface area (Å²) in [5.41, 5.74) is 7.25. The van der Waals surface area contributed by atoms with Gasteiger partial charge in [-0.25, -0.2) is 18.2 Å². The third-order valence-corrected chi connectivity index (χ3v) is 6.14. The minimum atomic E-state index is -3.72. The van der Waals surface area contributed by atoms with Gasteiger partial charge < -0.3 is 10.5 Å². The number of methoxy groups -OCH3 is 1. The van der Waals surface area contributed by atoms with E-state index in [1.165, 1.54) is 29.7 Å². The lowest BCUT2D eigenvalue weighted by Gasteiger charge is -2.16. The van der Waals surface area contributed by atoms with Crippen molar-refractivity contribution in [3.8, 4) is 0 Å². The van der Waals surface area contributed by atoms with E-state index in [4.69, 9.17) is 5.73 Å². The van der Waals surface area contributed by atoms with Gasteiger partial charge in [-0.15, -0.1) is 0 Å². The van der Waals surface area contributed by atoms with Gasteiger partial charge in [0, 0.05) is 31.2 Å². The predicted octanol–water partition coefficient (Wildman–Crippen LogP) is 0.984. The number of pyridine rings is 1. The second-order valence-corrected chi connectivity index (χ2v) is 7.81. The monoisotopic (exact) mass is 361 g/mol. The zero-order valence-electron chi connectivity index (χ0n) is 13.7. The van der Waals surface area contributed by atoms with E-state index in [0.717, 1.165) is 5.56 Å². The smallest absolute Gasteiger partial charge is 0.356 e. The molecular weight excluding hydrogens is 342 g/mol. The van der Waals surface area contributed by atoms with Crippen LogP contribution in [0.1, 0.15) is 22.0 Å². The molecule has 132 valence electrons. The Balaban J connectivity index is 1.82. The molecule has 25 heavy (non-hydrogen) atoms. The molecule has 0 radical (unpaired) electrons. The van der Waals surface area contributed by atoms with Crippen molar-refractivity contribution >= 4 is 16.0 Å². The first-order valence-corrected chi connectivity index (χ1v) is 9.22. The van der Waals surface area contributed by atoms with Crippen LogP contribution in [0.5, 0.6) is 0 Å². The van der Waals surface area contributed by atoms with Crippen LogP contribution in [0.4, 0.5) is 0 Å². The summed E-state index contributed by atoms with van der Waals surface area (Å²) >= 11 is 0. The maximum absolute atomic E-state index is 12.8. The van der Waals surface area contributed by atoms with Crippen molar-refractivity contribution in [2.45, 2.75) is 16.9 Å². The maximum atomic E-state index is 12.8. The van der Waals surface area contributed by atoms with E-state index < -0.39 is 16.0 Å². The molecule has 0 saturated carbocycles.